The number of nitrogens with one attached hydrogen (secondary N) is 1. The summed E-state index contributed by atoms with van der Waals surface area (Å²) in [5, 5.41) is 22.8. The molecule has 0 atom stereocenters. The summed E-state index contributed by atoms with van der Waals surface area (Å²) in [6.45, 7) is 0. The zero-order valence-corrected chi connectivity index (χ0v) is 11.0. The van der Waals surface area contributed by atoms with Gasteiger partial charge in [-0.2, -0.15) is 5.10 Å². The fraction of sp³-hybridized carbons (Fsp3) is 0. The lowest BCUT2D eigenvalue weighted by Gasteiger charge is -2.05. The van der Waals surface area contributed by atoms with Crippen LogP contribution in [0.4, 0.5) is 5.82 Å². The zero-order chi connectivity index (χ0) is 13.8. The van der Waals surface area contributed by atoms with Gasteiger partial charge < -0.3 is 10.2 Å². The Hall–Kier alpha value is -1.98. The third kappa shape index (κ3) is 3.07. The Balaban J connectivity index is 2.20. The monoisotopic (exact) mass is 297 g/mol. The Kier molecular flexibility index (Phi) is 4.09. The molecule has 98 valence electrons. The minimum Gasteiger partial charge on any atom is -0.506 e. The van der Waals surface area contributed by atoms with Crippen molar-refractivity contribution in [2.75, 3.05) is 5.43 Å². The number of anilines is 1. The maximum absolute atomic E-state index is 9.71. The quantitative estimate of drug-likeness (QED) is 0.600. The summed E-state index contributed by atoms with van der Waals surface area (Å²) < 4.78 is 0. The van der Waals surface area contributed by atoms with Gasteiger partial charge in [0.1, 0.15) is 16.6 Å². The minimum absolute atomic E-state index is 0.0297. The summed E-state index contributed by atoms with van der Waals surface area (Å²) >= 11 is 11.5. The van der Waals surface area contributed by atoms with Crippen molar-refractivity contribution >= 4 is 35.2 Å². The van der Waals surface area contributed by atoms with E-state index in [4.69, 9.17) is 23.2 Å². The molecule has 1 aromatic heterocycles. The summed E-state index contributed by atoms with van der Waals surface area (Å²) in [5.41, 5.74) is 2.95. The SMILES string of the molecule is Oc1c(Cl)cc(C=NNc2ccccn2)c(O)c1Cl. The maximum atomic E-state index is 9.71. The first-order valence-corrected chi connectivity index (χ1v) is 5.95. The predicted molar refractivity (Wildman–Crippen MR) is 75.2 cm³/mol. The van der Waals surface area contributed by atoms with Gasteiger partial charge in [-0.25, -0.2) is 4.98 Å². The molecule has 5 nitrogen and oxygen atoms in total. The lowest BCUT2D eigenvalue weighted by Crippen LogP contribution is -1.93. The van der Waals surface area contributed by atoms with Crippen LogP contribution in [-0.4, -0.2) is 21.4 Å². The summed E-state index contributed by atoms with van der Waals surface area (Å²) in [5.74, 6) is -0.111. The van der Waals surface area contributed by atoms with Crippen LogP contribution in [0.5, 0.6) is 11.5 Å². The average Bonchev–Trinajstić information content (AvgIpc) is 2.43. The van der Waals surface area contributed by atoms with Crippen molar-refractivity contribution in [2.24, 2.45) is 5.10 Å². The Labute approximate surface area is 119 Å². The van der Waals surface area contributed by atoms with Crippen LogP contribution in [0.3, 0.4) is 0 Å². The highest BCUT2D eigenvalue weighted by Crippen LogP contribution is 2.40. The van der Waals surface area contributed by atoms with Crippen LogP contribution in [0, 0.1) is 0 Å². The van der Waals surface area contributed by atoms with Crippen molar-refractivity contribution in [2.45, 2.75) is 0 Å². The molecule has 7 heteroatoms. The van der Waals surface area contributed by atoms with Crippen molar-refractivity contribution in [3.8, 4) is 11.5 Å². The second kappa shape index (κ2) is 5.77. The van der Waals surface area contributed by atoms with Gasteiger partial charge in [0.2, 0.25) is 0 Å². The number of rotatable bonds is 3. The Bertz CT molecular complexity index is 618. The van der Waals surface area contributed by atoms with Crippen LogP contribution < -0.4 is 5.43 Å². The van der Waals surface area contributed by atoms with Crippen LogP contribution in [0.15, 0.2) is 35.6 Å². The van der Waals surface area contributed by atoms with Gasteiger partial charge in [-0.05, 0) is 18.2 Å². The number of aromatic nitrogens is 1. The van der Waals surface area contributed by atoms with E-state index >= 15 is 0 Å². The second-order valence-corrected chi connectivity index (χ2v) is 4.33. The smallest absolute Gasteiger partial charge is 0.156 e. The molecule has 0 aliphatic heterocycles. The minimum atomic E-state index is -0.365. The number of hydrazone groups is 1. The van der Waals surface area contributed by atoms with Crippen LogP contribution in [0.25, 0.3) is 0 Å². The number of hydrogen-bond acceptors (Lipinski definition) is 5. The highest BCUT2D eigenvalue weighted by molar-refractivity contribution is 6.38. The van der Waals surface area contributed by atoms with Crippen LogP contribution in [-0.2, 0) is 0 Å². The third-order valence-corrected chi connectivity index (χ3v) is 2.89. The fourth-order valence-corrected chi connectivity index (χ4v) is 1.78. The molecule has 19 heavy (non-hydrogen) atoms. The van der Waals surface area contributed by atoms with E-state index in [1.165, 1.54) is 12.3 Å². The highest BCUT2D eigenvalue weighted by atomic mass is 35.5. The van der Waals surface area contributed by atoms with Gasteiger partial charge in [-0.15, -0.1) is 0 Å². The van der Waals surface area contributed by atoms with Gasteiger partial charge in [0.05, 0.1) is 11.2 Å². The molecule has 1 heterocycles. The molecule has 0 radical (unpaired) electrons. The second-order valence-electron chi connectivity index (χ2n) is 3.54. The van der Waals surface area contributed by atoms with Gasteiger partial charge in [-0.1, -0.05) is 29.3 Å². The first kappa shape index (κ1) is 13.5. The van der Waals surface area contributed by atoms with E-state index < -0.39 is 0 Å². The third-order valence-electron chi connectivity index (χ3n) is 2.25. The summed E-state index contributed by atoms with van der Waals surface area (Å²) in [7, 11) is 0. The highest BCUT2D eigenvalue weighted by Gasteiger charge is 2.13. The summed E-state index contributed by atoms with van der Waals surface area (Å²) in [4.78, 5) is 4.00. The number of benzene rings is 1. The fourth-order valence-electron chi connectivity index (χ4n) is 1.31. The molecule has 0 amide bonds. The lowest BCUT2D eigenvalue weighted by molar-refractivity contribution is 0.450. The van der Waals surface area contributed by atoms with E-state index in [-0.39, 0.29) is 27.1 Å². The Morgan fingerprint density at radius 1 is 1.21 bits per heavy atom. The summed E-state index contributed by atoms with van der Waals surface area (Å²) in [6, 6.07) is 6.66. The van der Waals surface area contributed by atoms with E-state index in [9.17, 15) is 10.2 Å². The molecule has 0 unspecified atom stereocenters. The molecule has 0 saturated heterocycles. The number of phenolic OH excluding ortho intramolecular Hbond substituents is 2. The van der Waals surface area contributed by atoms with Gasteiger partial charge in [0.25, 0.3) is 0 Å². The van der Waals surface area contributed by atoms with Gasteiger partial charge >= 0.3 is 0 Å². The molecule has 0 fully saturated rings. The number of hydrogen-bond donors (Lipinski definition) is 3. The van der Waals surface area contributed by atoms with Crippen molar-refractivity contribution in [1.29, 1.82) is 0 Å². The van der Waals surface area contributed by atoms with E-state index in [1.807, 2.05) is 0 Å². The standard InChI is InChI=1S/C12H9Cl2N3O2/c13-8-5-7(11(18)10(14)12(8)19)6-16-17-9-3-1-2-4-15-9/h1-6,18-19H,(H,15,17). The Morgan fingerprint density at radius 3 is 2.68 bits per heavy atom. The van der Waals surface area contributed by atoms with Crippen LogP contribution >= 0.6 is 23.2 Å². The predicted octanol–water partition coefficient (Wildman–Crippen LogP) is 3.25. The molecule has 0 spiro atoms. The molecular weight excluding hydrogens is 289 g/mol. The molecular formula is C12H9Cl2N3O2. The molecule has 0 aliphatic rings. The normalized spacial score (nSPS) is 10.8. The van der Waals surface area contributed by atoms with E-state index in [2.05, 4.69) is 15.5 Å². The molecule has 0 bridgehead atoms. The summed E-state index contributed by atoms with van der Waals surface area (Å²) in [6.07, 6.45) is 2.94. The first-order valence-electron chi connectivity index (χ1n) is 5.19. The van der Waals surface area contributed by atoms with Crippen molar-refractivity contribution in [1.82, 2.24) is 4.98 Å². The molecule has 1 aromatic carbocycles. The Morgan fingerprint density at radius 2 is 2.00 bits per heavy atom. The molecule has 0 saturated carbocycles. The molecule has 3 N–H and O–H groups in total. The molecule has 2 rings (SSSR count). The van der Waals surface area contributed by atoms with Crippen molar-refractivity contribution < 1.29 is 10.2 Å². The van der Waals surface area contributed by atoms with Gasteiger partial charge in [0.15, 0.2) is 5.75 Å². The average molecular weight is 298 g/mol. The van der Waals surface area contributed by atoms with Gasteiger partial charge in [-0.3, -0.25) is 5.43 Å². The topological polar surface area (TPSA) is 77.7 Å². The van der Waals surface area contributed by atoms with E-state index in [0.717, 1.165) is 0 Å². The van der Waals surface area contributed by atoms with Crippen LogP contribution in [0.2, 0.25) is 10.0 Å². The first-order chi connectivity index (χ1) is 9.09. The largest absolute Gasteiger partial charge is 0.506 e. The zero-order valence-electron chi connectivity index (χ0n) is 9.51. The van der Waals surface area contributed by atoms with Crippen molar-refractivity contribution in [3.63, 3.8) is 0 Å². The lowest BCUT2D eigenvalue weighted by atomic mass is 10.2. The van der Waals surface area contributed by atoms with E-state index in [0.29, 0.717) is 5.82 Å². The maximum Gasteiger partial charge on any atom is 0.156 e. The molecule has 0 aliphatic carbocycles. The van der Waals surface area contributed by atoms with Crippen molar-refractivity contribution in [3.05, 3.63) is 46.1 Å². The number of halogens is 2. The van der Waals surface area contributed by atoms with Gasteiger partial charge in [0, 0.05) is 11.8 Å². The number of pyridine rings is 1. The molecule has 2 aromatic rings. The number of nitrogens with zero attached hydrogens (tertiary/aromatic N) is 2. The van der Waals surface area contributed by atoms with E-state index in [1.54, 1.807) is 24.4 Å². The van der Waals surface area contributed by atoms with Crippen LogP contribution in [0.1, 0.15) is 5.56 Å². The number of phenols is 2. The number of aromatic hydroxyl groups is 2.